The lowest BCUT2D eigenvalue weighted by Gasteiger charge is -2.24. The van der Waals surface area contributed by atoms with Gasteiger partial charge in [-0.25, -0.2) is 4.72 Å². The van der Waals surface area contributed by atoms with Gasteiger partial charge in [0.1, 0.15) is 0 Å². The summed E-state index contributed by atoms with van der Waals surface area (Å²) in [4.78, 5) is 0. The molecule has 0 bridgehead atoms. The van der Waals surface area contributed by atoms with Crippen molar-refractivity contribution in [2.24, 2.45) is 0 Å². The third kappa shape index (κ3) is 2.74. The van der Waals surface area contributed by atoms with Gasteiger partial charge in [-0.2, -0.15) is 0 Å². The van der Waals surface area contributed by atoms with Crippen molar-refractivity contribution in [2.45, 2.75) is 18.9 Å². The Morgan fingerprint density at radius 3 is 2.60 bits per heavy atom. The lowest BCUT2D eigenvalue weighted by atomic mass is 10.1. The minimum absolute atomic E-state index is 0.152. The molecule has 0 aromatic rings. The molecule has 1 unspecified atom stereocenters. The Morgan fingerprint density at radius 1 is 1.50 bits per heavy atom. The smallest absolute Gasteiger partial charge is 0.0208 e. The number of hydrogen-bond donors (Lipinski definition) is 2. The molecule has 60 valence electrons. The van der Waals surface area contributed by atoms with Crippen LogP contribution in [-0.2, 0) is 11.3 Å². The van der Waals surface area contributed by atoms with Gasteiger partial charge in [0, 0.05) is 17.3 Å². The van der Waals surface area contributed by atoms with Crippen molar-refractivity contribution in [3.8, 4) is 0 Å². The molecule has 2 N–H and O–H groups in total. The third-order valence-corrected chi connectivity index (χ3v) is 2.13. The lowest BCUT2D eigenvalue weighted by molar-refractivity contribution is 0.418. The van der Waals surface area contributed by atoms with E-state index in [1.54, 1.807) is 0 Å². The van der Waals surface area contributed by atoms with Crippen molar-refractivity contribution in [1.82, 2.24) is 10.0 Å². The largest absolute Gasteiger partial charge is 0.760 e. The molecule has 1 atom stereocenters. The first-order valence-electron chi connectivity index (χ1n) is 3.35. The normalized spacial score (nSPS) is 24.5. The summed E-state index contributed by atoms with van der Waals surface area (Å²) in [5.41, 5.74) is 0. The summed E-state index contributed by atoms with van der Waals surface area (Å²) in [6.07, 6.45) is 1.79. The Balaban J connectivity index is 2.19. The van der Waals surface area contributed by atoms with E-state index in [0.717, 1.165) is 25.9 Å². The average molecular weight is 163 g/mol. The highest BCUT2D eigenvalue weighted by Gasteiger charge is 2.11. The first-order valence-corrected chi connectivity index (χ1v) is 4.42. The summed E-state index contributed by atoms with van der Waals surface area (Å²) in [7, 11) is 0. The molecule has 0 radical (unpaired) electrons. The van der Waals surface area contributed by atoms with E-state index >= 15 is 0 Å². The predicted molar refractivity (Wildman–Crippen MR) is 37.9 cm³/mol. The maximum Gasteiger partial charge on any atom is 0.0208 e. The van der Waals surface area contributed by atoms with Gasteiger partial charge in [0.25, 0.3) is 0 Å². The Morgan fingerprint density at radius 2 is 2.10 bits per heavy atom. The zero-order chi connectivity index (χ0) is 7.40. The van der Waals surface area contributed by atoms with Crippen LogP contribution in [0.1, 0.15) is 12.8 Å². The fraction of sp³-hybridized carbons (Fsp3) is 1.00. The lowest BCUT2D eigenvalue weighted by Crippen LogP contribution is -2.40. The van der Waals surface area contributed by atoms with Crippen LogP contribution in [0.5, 0.6) is 0 Å². The molecule has 1 saturated heterocycles. The van der Waals surface area contributed by atoms with Gasteiger partial charge in [-0.05, 0) is 25.9 Å². The summed E-state index contributed by atoms with van der Waals surface area (Å²) in [5, 5.41) is 3.15. The SMILES string of the molecule is O=S([O-])NC1CCNCC1. The molecule has 1 aliphatic heterocycles. The van der Waals surface area contributed by atoms with Gasteiger partial charge in [-0.1, -0.05) is 0 Å². The molecule has 0 spiro atoms. The van der Waals surface area contributed by atoms with E-state index in [-0.39, 0.29) is 6.04 Å². The van der Waals surface area contributed by atoms with Gasteiger partial charge >= 0.3 is 0 Å². The summed E-state index contributed by atoms with van der Waals surface area (Å²) >= 11 is -2.09. The summed E-state index contributed by atoms with van der Waals surface area (Å²) < 4.78 is 22.7. The van der Waals surface area contributed by atoms with Gasteiger partial charge in [0.2, 0.25) is 0 Å². The van der Waals surface area contributed by atoms with E-state index in [2.05, 4.69) is 10.0 Å². The van der Waals surface area contributed by atoms with Gasteiger partial charge in [0.05, 0.1) is 0 Å². The fourth-order valence-corrected chi connectivity index (χ4v) is 1.58. The van der Waals surface area contributed by atoms with Crippen molar-refractivity contribution in [3.05, 3.63) is 0 Å². The van der Waals surface area contributed by atoms with Crippen LogP contribution in [0.25, 0.3) is 0 Å². The summed E-state index contributed by atoms with van der Waals surface area (Å²) in [5.74, 6) is 0. The highest BCUT2D eigenvalue weighted by Crippen LogP contribution is 2.01. The van der Waals surface area contributed by atoms with Crippen LogP contribution in [0.3, 0.4) is 0 Å². The molecular formula is C5H11N2O2S-. The molecule has 4 nitrogen and oxygen atoms in total. The van der Waals surface area contributed by atoms with E-state index in [0.29, 0.717) is 0 Å². The van der Waals surface area contributed by atoms with Crippen LogP contribution in [0, 0.1) is 0 Å². The van der Waals surface area contributed by atoms with Crippen LogP contribution >= 0.6 is 0 Å². The topological polar surface area (TPSA) is 64.2 Å². The van der Waals surface area contributed by atoms with Gasteiger partial charge in [-0.3, -0.25) is 4.21 Å². The number of rotatable bonds is 2. The van der Waals surface area contributed by atoms with E-state index < -0.39 is 11.3 Å². The van der Waals surface area contributed by atoms with Gasteiger partial charge in [-0.15, -0.1) is 0 Å². The van der Waals surface area contributed by atoms with Crippen LogP contribution < -0.4 is 10.0 Å². The van der Waals surface area contributed by atoms with Gasteiger partial charge < -0.3 is 9.87 Å². The van der Waals surface area contributed by atoms with Gasteiger partial charge in [0.15, 0.2) is 0 Å². The standard InChI is InChI=1S/C5H12N2O2S/c8-10(9)7-5-1-3-6-4-2-5/h5-7H,1-4H2,(H,8,9)/p-1. The zero-order valence-corrected chi connectivity index (χ0v) is 6.45. The second-order valence-electron chi connectivity index (χ2n) is 2.38. The Bertz CT molecular complexity index is 125. The van der Waals surface area contributed by atoms with Crippen LogP contribution in [-0.4, -0.2) is 27.9 Å². The first kappa shape index (κ1) is 8.13. The quantitative estimate of drug-likeness (QED) is 0.520. The molecule has 0 aromatic carbocycles. The third-order valence-electron chi connectivity index (χ3n) is 1.60. The van der Waals surface area contributed by atoms with E-state index in [9.17, 15) is 8.76 Å². The molecule has 1 aliphatic rings. The maximum atomic E-state index is 10.1. The molecule has 1 heterocycles. The Hall–Kier alpha value is 0.0300. The second-order valence-corrected chi connectivity index (χ2v) is 3.08. The van der Waals surface area contributed by atoms with E-state index in [1.807, 2.05) is 0 Å². The molecule has 1 fully saturated rings. The van der Waals surface area contributed by atoms with Crippen molar-refractivity contribution in [3.63, 3.8) is 0 Å². The van der Waals surface area contributed by atoms with Crippen molar-refractivity contribution < 1.29 is 8.76 Å². The number of nitrogens with one attached hydrogen (secondary N) is 2. The summed E-state index contributed by atoms with van der Waals surface area (Å²) in [6, 6.07) is 0.152. The fourth-order valence-electron chi connectivity index (χ4n) is 1.08. The molecule has 0 aliphatic carbocycles. The predicted octanol–water partition coefficient (Wildman–Crippen LogP) is -0.878. The molecule has 5 heteroatoms. The minimum atomic E-state index is -2.09. The van der Waals surface area contributed by atoms with Crippen LogP contribution in [0.15, 0.2) is 0 Å². The Kier molecular flexibility index (Phi) is 3.27. The summed E-state index contributed by atoms with van der Waals surface area (Å²) in [6.45, 7) is 1.82. The number of piperidine rings is 1. The monoisotopic (exact) mass is 163 g/mol. The van der Waals surface area contributed by atoms with Crippen LogP contribution in [0.4, 0.5) is 0 Å². The van der Waals surface area contributed by atoms with Crippen LogP contribution in [0.2, 0.25) is 0 Å². The average Bonchev–Trinajstić information content (AvgIpc) is 1.88. The maximum absolute atomic E-state index is 10.1. The molecular weight excluding hydrogens is 152 g/mol. The van der Waals surface area contributed by atoms with Crippen molar-refractivity contribution in [1.29, 1.82) is 0 Å². The Labute approximate surface area is 62.8 Å². The minimum Gasteiger partial charge on any atom is -0.760 e. The molecule has 0 aromatic heterocycles. The second kappa shape index (κ2) is 4.02. The number of hydrogen-bond acceptors (Lipinski definition) is 3. The highest BCUT2D eigenvalue weighted by atomic mass is 32.2. The molecule has 10 heavy (non-hydrogen) atoms. The van der Waals surface area contributed by atoms with E-state index in [4.69, 9.17) is 0 Å². The molecule has 0 saturated carbocycles. The first-order chi connectivity index (χ1) is 4.79. The van der Waals surface area contributed by atoms with Crippen molar-refractivity contribution in [2.75, 3.05) is 13.1 Å². The molecule has 1 rings (SSSR count). The molecule has 0 amide bonds. The zero-order valence-electron chi connectivity index (χ0n) is 5.63. The van der Waals surface area contributed by atoms with Crippen molar-refractivity contribution >= 4 is 11.3 Å². The van der Waals surface area contributed by atoms with E-state index in [1.165, 1.54) is 0 Å². The highest BCUT2D eigenvalue weighted by molar-refractivity contribution is 7.77.